The van der Waals surface area contributed by atoms with Gasteiger partial charge in [0.05, 0.1) is 18.4 Å². The number of nitrogens with one attached hydrogen (secondary N) is 2. The van der Waals surface area contributed by atoms with Crippen molar-refractivity contribution in [3.05, 3.63) is 71.5 Å². The first-order valence-corrected chi connectivity index (χ1v) is 8.17. The molecule has 2 aromatic carbocycles. The number of para-hydroxylation sites is 2. The third-order valence-corrected chi connectivity index (χ3v) is 3.90. The average Bonchev–Trinajstić information content (AvgIpc) is 2.65. The summed E-state index contributed by atoms with van der Waals surface area (Å²) in [5, 5.41) is 5.96. The number of nitrogens with zero attached hydrogens (tertiary/aromatic N) is 2. The molecule has 0 unspecified atom stereocenters. The molecular formula is C20H20N4O2. The smallest absolute Gasteiger partial charge is 0.258 e. The van der Waals surface area contributed by atoms with Gasteiger partial charge in [-0.1, -0.05) is 29.8 Å². The van der Waals surface area contributed by atoms with Crippen molar-refractivity contribution < 1.29 is 9.53 Å². The van der Waals surface area contributed by atoms with Crippen LogP contribution in [0.1, 0.15) is 21.5 Å². The highest BCUT2D eigenvalue weighted by Crippen LogP contribution is 2.25. The molecule has 0 aliphatic heterocycles. The van der Waals surface area contributed by atoms with E-state index in [9.17, 15) is 4.79 Å². The van der Waals surface area contributed by atoms with E-state index in [2.05, 4.69) is 20.6 Å². The zero-order valence-electron chi connectivity index (χ0n) is 14.9. The number of rotatable bonds is 5. The van der Waals surface area contributed by atoms with Gasteiger partial charge < -0.3 is 15.4 Å². The molecule has 0 radical (unpaired) electrons. The molecule has 6 heteroatoms. The van der Waals surface area contributed by atoms with E-state index in [0.29, 0.717) is 17.3 Å². The number of hydrogen-bond acceptors (Lipinski definition) is 5. The molecule has 0 fully saturated rings. The third-order valence-electron chi connectivity index (χ3n) is 3.90. The predicted octanol–water partition coefficient (Wildman–Crippen LogP) is 4.10. The molecular weight excluding hydrogens is 328 g/mol. The summed E-state index contributed by atoms with van der Waals surface area (Å²) in [6.45, 7) is 3.97. The summed E-state index contributed by atoms with van der Waals surface area (Å²) >= 11 is 0. The SMILES string of the molecule is COc1ccccc1Nc1ncc(C(=O)Nc2ccc(C)cc2C)cn1. The second-order valence-corrected chi connectivity index (χ2v) is 5.89. The van der Waals surface area contributed by atoms with E-state index in [0.717, 1.165) is 22.5 Å². The molecule has 3 rings (SSSR count). The van der Waals surface area contributed by atoms with Crippen molar-refractivity contribution >= 4 is 23.2 Å². The van der Waals surface area contributed by atoms with Crippen molar-refractivity contribution in [2.75, 3.05) is 17.7 Å². The maximum atomic E-state index is 12.4. The van der Waals surface area contributed by atoms with Gasteiger partial charge in [0.15, 0.2) is 0 Å². The van der Waals surface area contributed by atoms with Crippen molar-refractivity contribution in [1.82, 2.24) is 9.97 Å². The molecule has 1 heterocycles. The first-order valence-electron chi connectivity index (χ1n) is 8.17. The molecule has 1 amide bonds. The monoisotopic (exact) mass is 348 g/mol. The van der Waals surface area contributed by atoms with Crippen LogP contribution in [0, 0.1) is 13.8 Å². The molecule has 0 aliphatic carbocycles. The van der Waals surface area contributed by atoms with Crippen LogP contribution in [0.15, 0.2) is 54.9 Å². The molecule has 3 aromatic rings. The topological polar surface area (TPSA) is 76.1 Å². The van der Waals surface area contributed by atoms with Gasteiger partial charge in [-0.2, -0.15) is 0 Å². The third kappa shape index (κ3) is 3.97. The molecule has 6 nitrogen and oxygen atoms in total. The lowest BCUT2D eigenvalue weighted by molar-refractivity contribution is 0.102. The maximum absolute atomic E-state index is 12.4. The van der Waals surface area contributed by atoms with Crippen LogP contribution < -0.4 is 15.4 Å². The molecule has 0 spiro atoms. The van der Waals surface area contributed by atoms with Gasteiger partial charge in [0.25, 0.3) is 5.91 Å². The van der Waals surface area contributed by atoms with Crippen molar-refractivity contribution in [3.8, 4) is 5.75 Å². The molecule has 132 valence electrons. The molecule has 0 aliphatic rings. The van der Waals surface area contributed by atoms with Crippen LogP contribution in [0.5, 0.6) is 5.75 Å². The molecule has 0 saturated heterocycles. The molecule has 0 saturated carbocycles. The number of amides is 1. The standard InChI is InChI=1S/C20H20N4O2/c1-13-8-9-16(14(2)10-13)23-19(25)15-11-21-20(22-12-15)24-17-6-4-5-7-18(17)26-3/h4-12H,1-3H3,(H,23,25)(H,21,22,24). The molecule has 1 aromatic heterocycles. The summed E-state index contributed by atoms with van der Waals surface area (Å²) in [5.41, 5.74) is 4.07. The maximum Gasteiger partial charge on any atom is 0.258 e. The number of carbonyl (C=O) groups excluding carboxylic acids is 1. The van der Waals surface area contributed by atoms with Crippen LogP contribution >= 0.6 is 0 Å². The second-order valence-electron chi connectivity index (χ2n) is 5.89. The minimum absolute atomic E-state index is 0.249. The summed E-state index contributed by atoms with van der Waals surface area (Å²) in [7, 11) is 1.60. The zero-order chi connectivity index (χ0) is 18.5. The Hall–Kier alpha value is -3.41. The summed E-state index contributed by atoms with van der Waals surface area (Å²) < 4.78 is 5.28. The van der Waals surface area contributed by atoms with Gasteiger partial charge >= 0.3 is 0 Å². The Morgan fingerprint density at radius 3 is 2.42 bits per heavy atom. The fraction of sp³-hybridized carbons (Fsp3) is 0.150. The van der Waals surface area contributed by atoms with Gasteiger partial charge in [-0.05, 0) is 37.6 Å². The fourth-order valence-corrected chi connectivity index (χ4v) is 2.53. The highest BCUT2D eigenvalue weighted by Gasteiger charge is 2.10. The number of carbonyl (C=O) groups is 1. The van der Waals surface area contributed by atoms with Gasteiger partial charge in [-0.15, -0.1) is 0 Å². The van der Waals surface area contributed by atoms with E-state index < -0.39 is 0 Å². The average molecular weight is 348 g/mol. The highest BCUT2D eigenvalue weighted by atomic mass is 16.5. The van der Waals surface area contributed by atoms with Crippen molar-refractivity contribution in [2.24, 2.45) is 0 Å². The quantitative estimate of drug-likeness (QED) is 0.726. The number of hydrogen-bond donors (Lipinski definition) is 2. The lowest BCUT2D eigenvalue weighted by atomic mass is 10.1. The van der Waals surface area contributed by atoms with Gasteiger partial charge in [0.1, 0.15) is 5.75 Å². The van der Waals surface area contributed by atoms with E-state index in [1.807, 2.05) is 56.3 Å². The number of anilines is 3. The number of benzene rings is 2. The number of ether oxygens (including phenoxy) is 1. The minimum atomic E-state index is -0.249. The Bertz CT molecular complexity index is 923. The Morgan fingerprint density at radius 2 is 1.73 bits per heavy atom. The first-order chi connectivity index (χ1) is 12.6. The van der Waals surface area contributed by atoms with Gasteiger partial charge in [0.2, 0.25) is 5.95 Å². The number of aryl methyl sites for hydroxylation is 2. The minimum Gasteiger partial charge on any atom is -0.495 e. The van der Waals surface area contributed by atoms with Crippen LogP contribution in [0.2, 0.25) is 0 Å². The second kappa shape index (κ2) is 7.65. The largest absolute Gasteiger partial charge is 0.495 e. The summed E-state index contributed by atoms with van der Waals surface area (Å²) in [6.07, 6.45) is 2.98. The normalized spacial score (nSPS) is 10.3. The Kier molecular flexibility index (Phi) is 5.12. The van der Waals surface area contributed by atoms with Crippen molar-refractivity contribution in [3.63, 3.8) is 0 Å². The van der Waals surface area contributed by atoms with E-state index in [-0.39, 0.29) is 5.91 Å². The van der Waals surface area contributed by atoms with Crippen LogP contribution in [0.4, 0.5) is 17.3 Å². The van der Waals surface area contributed by atoms with Gasteiger partial charge in [-0.25, -0.2) is 9.97 Å². The van der Waals surface area contributed by atoms with Crippen LogP contribution in [-0.4, -0.2) is 23.0 Å². The van der Waals surface area contributed by atoms with Crippen LogP contribution in [0.25, 0.3) is 0 Å². The van der Waals surface area contributed by atoms with Crippen molar-refractivity contribution in [2.45, 2.75) is 13.8 Å². The number of methoxy groups -OCH3 is 1. The fourth-order valence-electron chi connectivity index (χ4n) is 2.53. The zero-order valence-corrected chi connectivity index (χ0v) is 14.9. The summed E-state index contributed by atoms with van der Waals surface area (Å²) in [6, 6.07) is 13.3. The number of aromatic nitrogens is 2. The Labute approximate surface area is 152 Å². The summed E-state index contributed by atoms with van der Waals surface area (Å²) in [5.74, 6) is 0.825. The van der Waals surface area contributed by atoms with Crippen molar-refractivity contribution in [1.29, 1.82) is 0 Å². The first kappa shape index (κ1) is 17.4. The molecule has 26 heavy (non-hydrogen) atoms. The highest BCUT2D eigenvalue weighted by molar-refractivity contribution is 6.04. The van der Waals surface area contributed by atoms with Crippen LogP contribution in [-0.2, 0) is 0 Å². The predicted molar refractivity (Wildman–Crippen MR) is 102 cm³/mol. The van der Waals surface area contributed by atoms with E-state index >= 15 is 0 Å². The Morgan fingerprint density at radius 1 is 1.00 bits per heavy atom. The van der Waals surface area contributed by atoms with Gasteiger partial charge in [0, 0.05) is 18.1 Å². The van der Waals surface area contributed by atoms with Crippen LogP contribution in [0.3, 0.4) is 0 Å². The molecule has 0 atom stereocenters. The lowest BCUT2D eigenvalue weighted by Gasteiger charge is -2.10. The van der Waals surface area contributed by atoms with Gasteiger partial charge in [-0.3, -0.25) is 4.79 Å². The lowest BCUT2D eigenvalue weighted by Crippen LogP contribution is -2.14. The molecule has 2 N–H and O–H groups in total. The van der Waals surface area contributed by atoms with E-state index in [4.69, 9.17) is 4.74 Å². The summed E-state index contributed by atoms with van der Waals surface area (Å²) in [4.78, 5) is 20.8. The Balaban J connectivity index is 1.71. The molecule has 0 bridgehead atoms. The van der Waals surface area contributed by atoms with E-state index in [1.54, 1.807) is 7.11 Å². The van der Waals surface area contributed by atoms with E-state index in [1.165, 1.54) is 12.4 Å².